The van der Waals surface area contributed by atoms with Crippen LogP contribution in [0, 0.1) is 5.82 Å². The van der Waals surface area contributed by atoms with E-state index in [2.05, 4.69) is 0 Å². The maximum absolute atomic E-state index is 14.0. The van der Waals surface area contributed by atoms with Gasteiger partial charge >= 0.3 is 0 Å². The zero-order valence-electron chi connectivity index (χ0n) is 16.3. The van der Waals surface area contributed by atoms with Gasteiger partial charge in [-0.15, -0.1) is 0 Å². The van der Waals surface area contributed by atoms with Crippen molar-refractivity contribution < 1.29 is 18.7 Å². The molecular formula is C24H22FNO3. The van der Waals surface area contributed by atoms with E-state index in [1.807, 2.05) is 60.7 Å². The Kier molecular flexibility index (Phi) is 6.39. The van der Waals surface area contributed by atoms with Crippen molar-refractivity contribution in [3.8, 4) is 5.75 Å². The van der Waals surface area contributed by atoms with E-state index >= 15 is 0 Å². The highest BCUT2D eigenvalue weighted by Gasteiger charge is 2.23. The Morgan fingerprint density at radius 2 is 1.48 bits per heavy atom. The van der Waals surface area contributed by atoms with Crippen molar-refractivity contribution in [2.75, 3.05) is 13.7 Å². The van der Waals surface area contributed by atoms with E-state index in [1.165, 1.54) is 19.1 Å². The molecule has 0 spiro atoms. The van der Waals surface area contributed by atoms with Gasteiger partial charge in [-0.05, 0) is 30.2 Å². The number of nitrogens with zero attached hydrogens (tertiary/aromatic N) is 1. The first-order chi connectivity index (χ1) is 14.0. The molecule has 1 amide bonds. The third-order valence-corrected chi connectivity index (χ3v) is 4.69. The normalized spacial score (nSPS) is 10.6. The molecule has 3 rings (SSSR count). The van der Waals surface area contributed by atoms with Crippen LogP contribution in [0.4, 0.5) is 4.39 Å². The number of ketones is 1. The van der Waals surface area contributed by atoms with E-state index in [0.29, 0.717) is 0 Å². The van der Waals surface area contributed by atoms with Gasteiger partial charge in [-0.25, -0.2) is 4.39 Å². The molecule has 0 fully saturated rings. The predicted molar refractivity (Wildman–Crippen MR) is 109 cm³/mol. The zero-order valence-corrected chi connectivity index (χ0v) is 16.3. The van der Waals surface area contributed by atoms with Crippen molar-refractivity contribution in [1.82, 2.24) is 4.90 Å². The largest absolute Gasteiger partial charge is 0.484 e. The average molecular weight is 391 g/mol. The number of halogens is 1. The van der Waals surface area contributed by atoms with Gasteiger partial charge in [-0.1, -0.05) is 60.7 Å². The molecule has 0 saturated carbocycles. The fourth-order valence-electron chi connectivity index (χ4n) is 3.17. The van der Waals surface area contributed by atoms with Crippen molar-refractivity contribution in [3.05, 3.63) is 101 Å². The summed E-state index contributed by atoms with van der Waals surface area (Å²) in [6, 6.07) is 23.1. The first kappa shape index (κ1) is 20.3. The SMILES string of the molecule is CC(=O)c1ccc(OCC(=O)N(C)C(c2ccccc2)c2ccccc2)cc1F. The van der Waals surface area contributed by atoms with Crippen molar-refractivity contribution in [3.63, 3.8) is 0 Å². The lowest BCUT2D eigenvalue weighted by molar-refractivity contribution is -0.133. The monoisotopic (exact) mass is 391 g/mol. The molecule has 0 aliphatic carbocycles. The average Bonchev–Trinajstić information content (AvgIpc) is 2.73. The number of ether oxygens (including phenoxy) is 1. The lowest BCUT2D eigenvalue weighted by Gasteiger charge is -2.29. The maximum Gasteiger partial charge on any atom is 0.261 e. The van der Waals surface area contributed by atoms with Gasteiger partial charge in [0, 0.05) is 13.1 Å². The number of hydrogen-bond acceptors (Lipinski definition) is 3. The lowest BCUT2D eigenvalue weighted by atomic mass is 9.97. The summed E-state index contributed by atoms with van der Waals surface area (Å²) in [6.07, 6.45) is 0. The number of likely N-dealkylation sites (N-methyl/N-ethyl adjacent to an activating group) is 1. The second kappa shape index (κ2) is 9.15. The molecule has 5 heteroatoms. The molecule has 148 valence electrons. The van der Waals surface area contributed by atoms with Gasteiger partial charge < -0.3 is 9.64 Å². The summed E-state index contributed by atoms with van der Waals surface area (Å²) in [5.41, 5.74) is 1.95. The van der Waals surface area contributed by atoms with Crippen LogP contribution >= 0.6 is 0 Å². The number of Topliss-reactive ketones (excluding diaryl/α,β-unsaturated/α-hetero) is 1. The second-order valence-electron chi connectivity index (χ2n) is 6.72. The van der Waals surface area contributed by atoms with Crippen molar-refractivity contribution in [2.24, 2.45) is 0 Å². The Labute approximate surface area is 169 Å². The van der Waals surface area contributed by atoms with Gasteiger partial charge in [0.1, 0.15) is 11.6 Å². The third-order valence-electron chi connectivity index (χ3n) is 4.69. The first-order valence-electron chi connectivity index (χ1n) is 9.26. The fourth-order valence-corrected chi connectivity index (χ4v) is 3.17. The van der Waals surface area contributed by atoms with E-state index in [1.54, 1.807) is 11.9 Å². The summed E-state index contributed by atoms with van der Waals surface area (Å²) in [5.74, 6) is -1.08. The highest BCUT2D eigenvalue weighted by molar-refractivity contribution is 5.94. The molecular weight excluding hydrogens is 369 g/mol. The summed E-state index contributed by atoms with van der Waals surface area (Å²) >= 11 is 0. The topological polar surface area (TPSA) is 46.6 Å². The molecule has 0 radical (unpaired) electrons. The van der Waals surface area contributed by atoms with Gasteiger partial charge in [-0.2, -0.15) is 0 Å². The molecule has 3 aromatic carbocycles. The van der Waals surface area contributed by atoms with Crippen molar-refractivity contribution >= 4 is 11.7 Å². The Morgan fingerprint density at radius 3 is 1.97 bits per heavy atom. The molecule has 0 N–H and O–H groups in total. The van der Waals surface area contributed by atoms with Gasteiger partial charge in [0.05, 0.1) is 11.6 Å². The van der Waals surface area contributed by atoms with E-state index in [-0.39, 0.29) is 35.7 Å². The van der Waals surface area contributed by atoms with E-state index in [9.17, 15) is 14.0 Å². The molecule has 0 aliphatic heterocycles. The van der Waals surface area contributed by atoms with Gasteiger partial charge in [0.25, 0.3) is 5.91 Å². The Hall–Kier alpha value is -3.47. The van der Waals surface area contributed by atoms with Crippen LogP contribution in [0.15, 0.2) is 78.9 Å². The first-order valence-corrected chi connectivity index (χ1v) is 9.26. The summed E-state index contributed by atoms with van der Waals surface area (Å²) in [5, 5.41) is 0. The number of amides is 1. The highest BCUT2D eigenvalue weighted by Crippen LogP contribution is 2.27. The summed E-state index contributed by atoms with van der Waals surface area (Å²) < 4.78 is 19.4. The predicted octanol–water partition coefficient (Wildman–Crippen LogP) is 4.66. The van der Waals surface area contributed by atoms with Crippen LogP contribution in [-0.4, -0.2) is 30.2 Å². The number of hydrogen-bond donors (Lipinski definition) is 0. The molecule has 4 nitrogen and oxygen atoms in total. The molecule has 3 aromatic rings. The van der Waals surface area contributed by atoms with Crippen molar-refractivity contribution in [1.29, 1.82) is 0 Å². The smallest absolute Gasteiger partial charge is 0.261 e. The van der Waals surface area contributed by atoms with Crippen LogP contribution in [0.25, 0.3) is 0 Å². The number of benzene rings is 3. The fraction of sp³-hybridized carbons (Fsp3) is 0.167. The Morgan fingerprint density at radius 1 is 0.931 bits per heavy atom. The third kappa shape index (κ3) is 4.88. The lowest BCUT2D eigenvalue weighted by Crippen LogP contribution is -2.35. The minimum Gasteiger partial charge on any atom is -0.484 e. The van der Waals surface area contributed by atoms with Gasteiger partial charge in [0.15, 0.2) is 12.4 Å². The summed E-state index contributed by atoms with van der Waals surface area (Å²) in [4.78, 5) is 25.8. The summed E-state index contributed by atoms with van der Waals surface area (Å²) in [7, 11) is 1.72. The van der Waals surface area contributed by atoms with Crippen LogP contribution in [0.5, 0.6) is 5.75 Å². The maximum atomic E-state index is 14.0. The van der Waals surface area contributed by atoms with Crippen LogP contribution < -0.4 is 4.74 Å². The molecule has 0 atom stereocenters. The van der Waals surface area contributed by atoms with Crippen LogP contribution in [-0.2, 0) is 4.79 Å². The molecule has 0 saturated heterocycles. The van der Waals surface area contributed by atoms with Crippen LogP contribution in [0.1, 0.15) is 34.5 Å². The summed E-state index contributed by atoms with van der Waals surface area (Å²) in [6.45, 7) is 1.05. The second-order valence-corrected chi connectivity index (χ2v) is 6.72. The Balaban J connectivity index is 1.76. The molecule has 0 bridgehead atoms. The number of rotatable bonds is 7. The number of carbonyl (C=O) groups is 2. The van der Waals surface area contributed by atoms with Crippen LogP contribution in [0.2, 0.25) is 0 Å². The zero-order chi connectivity index (χ0) is 20.8. The molecule has 0 aliphatic rings. The van der Waals surface area contributed by atoms with Gasteiger partial charge in [-0.3, -0.25) is 9.59 Å². The van der Waals surface area contributed by atoms with Crippen LogP contribution in [0.3, 0.4) is 0 Å². The Bertz CT molecular complexity index is 950. The standard InChI is InChI=1S/C24H22FNO3/c1-17(27)21-14-13-20(15-22(21)25)29-16-23(28)26(2)24(18-9-5-3-6-10-18)19-11-7-4-8-12-19/h3-15,24H,16H2,1-2H3. The molecule has 29 heavy (non-hydrogen) atoms. The molecule has 0 aromatic heterocycles. The minimum absolute atomic E-state index is 0.00554. The van der Waals surface area contributed by atoms with E-state index in [0.717, 1.165) is 17.2 Å². The quantitative estimate of drug-likeness (QED) is 0.551. The van der Waals surface area contributed by atoms with E-state index < -0.39 is 5.82 Å². The highest BCUT2D eigenvalue weighted by atomic mass is 19.1. The molecule has 0 unspecified atom stereocenters. The minimum atomic E-state index is -0.665. The molecule has 0 heterocycles. The van der Waals surface area contributed by atoms with Gasteiger partial charge in [0.2, 0.25) is 0 Å². The number of carbonyl (C=O) groups excluding carboxylic acids is 2. The van der Waals surface area contributed by atoms with Crippen molar-refractivity contribution in [2.45, 2.75) is 13.0 Å². The van der Waals surface area contributed by atoms with E-state index in [4.69, 9.17) is 4.74 Å².